The molecule has 1 aromatic heterocycles. The molecule has 3 aromatic rings. The van der Waals surface area contributed by atoms with Gasteiger partial charge in [0.25, 0.3) is 0 Å². The van der Waals surface area contributed by atoms with Gasteiger partial charge in [-0.2, -0.15) is 0 Å². The zero-order valence-electron chi connectivity index (χ0n) is 19.3. The summed E-state index contributed by atoms with van der Waals surface area (Å²) in [5, 5.41) is 1.63. The van der Waals surface area contributed by atoms with E-state index in [1.54, 1.807) is 4.90 Å². The Bertz CT molecular complexity index is 1230. The molecule has 0 fully saturated rings. The summed E-state index contributed by atoms with van der Waals surface area (Å²) >= 11 is 13.5. The Hall–Kier alpha value is -1.42. The van der Waals surface area contributed by atoms with Crippen LogP contribution in [0, 0.1) is 6.92 Å². The van der Waals surface area contributed by atoms with E-state index in [9.17, 15) is 13.2 Å². The second-order valence-electron chi connectivity index (χ2n) is 7.61. The summed E-state index contributed by atoms with van der Waals surface area (Å²) < 4.78 is 26.4. The zero-order chi connectivity index (χ0) is 24.2. The highest BCUT2D eigenvalue weighted by Crippen LogP contribution is 2.34. The Morgan fingerprint density at radius 3 is 2.29 bits per heavy atom. The van der Waals surface area contributed by atoms with Crippen molar-refractivity contribution >= 4 is 78.0 Å². The van der Waals surface area contributed by atoms with E-state index in [0.29, 0.717) is 28.3 Å². The van der Waals surface area contributed by atoms with E-state index < -0.39 is 9.84 Å². The van der Waals surface area contributed by atoms with Crippen LogP contribution in [0.4, 0.5) is 5.13 Å². The number of likely N-dealkylation sites (N-methyl/N-ethyl adjacent to an activating group) is 1. The third-order valence-corrected chi connectivity index (χ3v) is 9.00. The molecule has 0 saturated carbocycles. The van der Waals surface area contributed by atoms with Crippen molar-refractivity contribution in [2.45, 2.75) is 32.1 Å². The van der Waals surface area contributed by atoms with Gasteiger partial charge in [0.1, 0.15) is 0 Å². The van der Waals surface area contributed by atoms with Crippen molar-refractivity contribution in [3.05, 3.63) is 52.0 Å². The average Bonchev–Trinajstić information content (AvgIpc) is 3.23. The van der Waals surface area contributed by atoms with Crippen LogP contribution in [0.3, 0.4) is 0 Å². The van der Waals surface area contributed by atoms with Gasteiger partial charge < -0.3 is 4.90 Å². The summed E-state index contributed by atoms with van der Waals surface area (Å²) in [6.07, 6.45) is -0.140. The van der Waals surface area contributed by atoms with Gasteiger partial charge >= 0.3 is 0 Å². The Labute approximate surface area is 221 Å². The number of sulfone groups is 1. The predicted octanol–water partition coefficient (Wildman–Crippen LogP) is 5.87. The topological polar surface area (TPSA) is 70.6 Å². The summed E-state index contributed by atoms with van der Waals surface area (Å²) in [5.74, 6) is -0.562. The quantitative estimate of drug-likeness (QED) is 0.308. The maximum absolute atomic E-state index is 13.3. The molecule has 34 heavy (non-hydrogen) atoms. The van der Waals surface area contributed by atoms with E-state index in [-0.39, 0.29) is 35.4 Å². The fraction of sp³-hybridized carbons (Fsp3) is 0.391. The van der Waals surface area contributed by atoms with Crippen LogP contribution in [0.15, 0.2) is 41.3 Å². The number of anilines is 1. The number of hydrogen-bond acceptors (Lipinski definition) is 6. The summed E-state index contributed by atoms with van der Waals surface area (Å²) in [4.78, 5) is 21.9. The van der Waals surface area contributed by atoms with Gasteiger partial charge in [-0.15, -0.1) is 12.4 Å². The molecule has 0 saturated heterocycles. The average molecular weight is 565 g/mol. The molecule has 0 radical (unpaired) electrons. The van der Waals surface area contributed by atoms with Gasteiger partial charge in [0, 0.05) is 29.6 Å². The lowest BCUT2D eigenvalue weighted by Crippen LogP contribution is -2.39. The number of fused-ring (bicyclic) bond motifs is 1. The number of benzene rings is 2. The maximum atomic E-state index is 13.3. The number of aryl methyl sites for hydroxylation is 1. The van der Waals surface area contributed by atoms with Gasteiger partial charge in [0.2, 0.25) is 5.91 Å². The van der Waals surface area contributed by atoms with E-state index in [0.717, 1.165) is 28.9 Å². The van der Waals surface area contributed by atoms with Crippen molar-refractivity contribution in [2.24, 2.45) is 0 Å². The molecule has 1 heterocycles. The number of amides is 1. The molecule has 1 amide bonds. The van der Waals surface area contributed by atoms with Crippen LogP contribution in [0.5, 0.6) is 0 Å². The molecule has 0 N–H and O–H groups in total. The second-order valence-corrected chi connectivity index (χ2v) is 11.6. The SMILES string of the molecule is CCN(CC)CCN(C(=O)CCS(=O)(=O)c1ccc(Cl)cc1)c1nc2c(C)c(Cl)ccc2s1.Cl. The highest BCUT2D eigenvalue weighted by molar-refractivity contribution is 7.91. The first kappa shape index (κ1) is 28.8. The summed E-state index contributed by atoms with van der Waals surface area (Å²) in [5.41, 5.74) is 1.62. The molecule has 11 heteroatoms. The molecule has 0 aliphatic heterocycles. The van der Waals surface area contributed by atoms with E-state index in [2.05, 4.69) is 18.7 Å². The fourth-order valence-electron chi connectivity index (χ4n) is 3.43. The van der Waals surface area contributed by atoms with Crippen molar-refractivity contribution in [1.82, 2.24) is 9.88 Å². The lowest BCUT2D eigenvalue weighted by molar-refractivity contribution is -0.118. The fourth-order valence-corrected chi connectivity index (χ4v) is 6.01. The summed E-state index contributed by atoms with van der Waals surface area (Å²) in [7, 11) is -3.62. The Kier molecular flexibility index (Phi) is 10.6. The number of thiazole rings is 1. The number of halogens is 3. The molecule has 0 bridgehead atoms. The number of hydrogen-bond donors (Lipinski definition) is 0. The number of aromatic nitrogens is 1. The molecule has 3 rings (SSSR count). The van der Waals surface area contributed by atoms with Crippen molar-refractivity contribution in [2.75, 3.05) is 36.8 Å². The Morgan fingerprint density at radius 2 is 1.68 bits per heavy atom. The van der Waals surface area contributed by atoms with Crippen LogP contribution in [-0.4, -0.2) is 56.1 Å². The number of nitrogens with zero attached hydrogens (tertiary/aromatic N) is 3. The zero-order valence-corrected chi connectivity index (χ0v) is 23.2. The molecular formula is C23H28Cl3N3O3S2. The molecule has 0 aliphatic rings. The van der Waals surface area contributed by atoms with Gasteiger partial charge in [-0.1, -0.05) is 48.4 Å². The maximum Gasteiger partial charge on any atom is 0.229 e. The molecule has 6 nitrogen and oxygen atoms in total. The standard InChI is InChI=1S/C23H27Cl2N3O3S2.ClH/c1-4-27(5-2)13-14-28(23-26-22-16(3)19(25)10-11-20(22)32-23)21(29)12-15-33(30,31)18-8-6-17(24)7-9-18;/h6-11H,4-5,12-15H2,1-3H3;1H. The first-order valence-electron chi connectivity index (χ1n) is 10.7. The van der Waals surface area contributed by atoms with E-state index in [4.69, 9.17) is 28.2 Å². The van der Waals surface area contributed by atoms with E-state index in [1.807, 2.05) is 19.1 Å². The van der Waals surface area contributed by atoms with Gasteiger partial charge in [0.15, 0.2) is 15.0 Å². The highest BCUT2D eigenvalue weighted by atomic mass is 35.5. The number of rotatable bonds is 10. The molecule has 0 aliphatic carbocycles. The minimum Gasteiger partial charge on any atom is -0.302 e. The van der Waals surface area contributed by atoms with Crippen LogP contribution in [0.2, 0.25) is 10.0 Å². The first-order valence-corrected chi connectivity index (χ1v) is 14.0. The number of carbonyl (C=O) groups excluding carboxylic acids is 1. The molecule has 186 valence electrons. The van der Waals surface area contributed by atoms with Gasteiger partial charge in [-0.05, 0) is 62.0 Å². The van der Waals surface area contributed by atoms with Crippen molar-refractivity contribution in [3.8, 4) is 0 Å². The van der Waals surface area contributed by atoms with Crippen molar-refractivity contribution in [3.63, 3.8) is 0 Å². The molecule has 0 spiro atoms. The predicted molar refractivity (Wildman–Crippen MR) is 145 cm³/mol. The minimum atomic E-state index is -3.62. The Morgan fingerprint density at radius 1 is 1.03 bits per heavy atom. The third-order valence-electron chi connectivity index (χ3n) is 5.56. The van der Waals surface area contributed by atoms with Crippen LogP contribution < -0.4 is 4.90 Å². The molecular weight excluding hydrogens is 537 g/mol. The highest BCUT2D eigenvalue weighted by Gasteiger charge is 2.24. The largest absolute Gasteiger partial charge is 0.302 e. The normalized spacial score (nSPS) is 11.6. The lowest BCUT2D eigenvalue weighted by atomic mass is 10.2. The van der Waals surface area contributed by atoms with Gasteiger partial charge in [0.05, 0.1) is 20.9 Å². The van der Waals surface area contributed by atoms with Gasteiger partial charge in [-0.3, -0.25) is 9.69 Å². The monoisotopic (exact) mass is 563 g/mol. The molecule has 2 aromatic carbocycles. The number of carbonyl (C=O) groups is 1. The van der Waals surface area contributed by atoms with Crippen LogP contribution in [0.25, 0.3) is 10.2 Å². The summed E-state index contributed by atoms with van der Waals surface area (Å²) in [6, 6.07) is 9.69. The molecule has 0 unspecified atom stereocenters. The third kappa shape index (κ3) is 6.83. The minimum absolute atomic E-state index is 0. The molecule has 0 atom stereocenters. The van der Waals surface area contributed by atoms with E-state index in [1.165, 1.54) is 35.6 Å². The summed E-state index contributed by atoms with van der Waals surface area (Å²) in [6.45, 7) is 8.84. The first-order chi connectivity index (χ1) is 15.7. The lowest BCUT2D eigenvalue weighted by Gasteiger charge is -2.24. The smallest absolute Gasteiger partial charge is 0.229 e. The van der Waals surface area contributed by atoms with Crippen molar-refractivity contribution in [1.29, 1.82) is 0 Å². The van der Waals surface area contributed by atoms with Crippen LogP contribution >= 0.6 is 46.9 Å². The van der Waals surface area contributed by atoms with Crippen molar-refractivity contribution < 1.29 is 13.2 Å². The second kappa shape index (κ2) is 12.5. The van der Waals surface area contributed by atoms with Gasteiger partial charge in [-0.25, -0.2) is 13.4 Å². The van der Waals surface area contributed by atoms with Crippen LogP contribution in [0.1, 0.15) is 25.8 Å². The Balaban J connectivity index is 0.00000408. The van der Waals surface area contributed by atoms with Crippen LogP contribution in [-0.2, 0) is 14.6 Å². The van der Waals surface area contributed by atoms with E-state index >= 15 is 0 Å².